The topological polar surface area (TPSA) is 123 Å². The van der Waals surface area contributed by atoms with Gasteiger partial charge < -0.3 is 0 Å². The molecule has 0 aliphatic rings. The van der Waals surface area contributed by atoms with Crippen LogP contribution in [0.2, 0.25) is 0 Å². The molecule has 0 spiro atoms. The van der Waals surface area contributed by atoms with Crippen molar-refractivity contribution in [3.8, 4) is 11.4 Å². The predicted molar refractivity (Wildman–Crippen MR) is 60.4 cm³/mol. The Morgan fingerprint density at radius 2 is 1.74 bits per heavy atom. The number of hydrogen-bond acceptors (Lipinski definition) is 6. The van der Waals surface area contributed by atoms with Crippen molar-refractivity contribution >= 4 is 11.4 Å². The summed E-state index contributed by atoms with van der Waals surface area (Å²) >= 11 is 0. The van der Waals surface area contributed by atoms with E-state index in [0.717, 1.165) is 24.4 Å². The summed E-state index contributed by atoms with van der Waals surface area (Å²) in [7, 11) is 0. The smallest absolute Gasteiger partial charge is 0.284 e. The lowest BCUT2D eigenvalue weighted by Crippen LogP contribution is -2.32. The fourth-order valence-electron chi connectivity index (χ4n) is 1.46. The van der Waals surface area contributed by atoms with Gasteiger partial charge in [-0.3, -0.25) is 25.4 Å². The molecule has 0 radical (unpaired) electrons. The first-order chi connectivity index (χ1) is 8.99. The molecule has 0 aliphatic heterocycles. The highest BCUT2D eigenvalue weighted by Gasteiger charge is 2.22. The Kier molecular flexibility index (Phi) is 3.02. The van der Waals surface area contributed by atoms with Gasteiger partial charge in [-0.15, -0.1) is 0 Å². The van der Waals surface area contributed by atoms with Gasteiger partial charge in [0.1, 0.15) is 5.69 Å². The second-order valence-corrected chi connectivity index (χ2v) is 3.53. The zero-order valence-corrected chi connectivity index (χ0v) is 9.33. The molecule has 96 valence electrons. The van der Waals surface area contributed by atoms with Crippen LogP contribution in [0.15, 0.2) is 36.7 Å². The SMILES string of the molecule is O=[N+]([O-])c1ccnc(-c2cc([N+](=O)[O-])cc[n+]2O)c1. The van der Waals surface area contributed by atoms with Crippen LogP contribution >= 0.6 is 0 Å². The van der Waals surface area contributed by atoms with E-state index in [1.54, 1.807) is 0 Å². The zero-order chi connectivity index (χ0) is 14.0. The molecular formula is C10H7N4O5+. The standard InChI is InChI=1S/C10H7N4O5/c15-12-4-2-8(14(18)19)6-10(12)9-5-7(13(16)17)1-3-11-9/h1-6,15H/q+1. The van der Waals surface area contributed by atoms with E-state index in [4.69, 9.17) is 0 Å². The molecule has 19 heavy (non-hydrogen) atoms. The first-order valence-electron chi connectivity index (χ1n) is 4.99. The monoisotopic (exact) mass is 263 g/mol. The highest BCUT2D eigenvalue weighted by Crippen LogP contribution is 2.21. The third kappa shape index (κ3) is 2.44. The van der Waals surface area contributed by atoms with Crippen molar-refractivity contribution in [1.82, 2.24) is 4.98 Å². The molecule has 0 aromatic carbocycles. The van der Waals surface area contributed by atoms with Crippen molar-refractivity contribution in [2.24, 2.45) is 0 Å². The molecule has 0 fully saturated rings. The molecule has 0 saturated heterocycles. The van der Waals surface area contributed by atoms with Crippen LogP contribution < -0.4 is 4.73 Å². The molecule has 0 atom stereocenters. The van der Waals surface area contributed by atoms with Crippen LogP contribution in [0.3, 0.4) is 0 Å². The average Bonchev–Trinajstić information content (AvgIpc) is 2.39. The van der Waals surface area contributed by atoms with Gasteiger partial charge in [-0.1, -0.05) is 0 Å². The minimum Gasteiger partial charge on any atom is -0.284 e. The summed E-state index contributed by atoms with van der Waals surface area (Å²) in [4.78, 5) is 23.9. The molecular weight excluding hydrogens is 256 g/mol. The van der Waals surface area contributed by atoms with Crippen LogP contribution in [0.5, 0.6) is 0 Å². The molecule has 0 amide bonds. The Hall–Kier alpha value is -3.10. The van der Waals surface area contributed by atoms with Gasteiger partial charge in [0.25, 0.3) is 17.1 Å². The minimum absolute atomic E-state index is 0.0158. The molecule has 0 unspecified atom stereocenters. The lowest BCUT2D eigenvalue weighted by molar-refractivity contribution is -0.896. The van der Waals surface area contributed by atoms with E-state index in [2.05, 4.69) is 4.98 Å². The largest absolute Gasteiger partial charge is 0.289 e. The minimum atomic E-state index is -0.638. The molecule has 1 N–H and O–H groups in total. The fourth-order valence-corrected chi connectivity index (χ4v) is 1.46. The Bertz CT molecular complexity index is 673. The van der Waals surface area contributed by atoms with Gasteiger partial charge >= 0.3 is 0 Å². The normalized spacial score (nSPS) is 10.1. The number of nitro groups is 2. The predicted octanol–water partition coefficient (Wildman–Crippen LogP) is 1.09. The maximum absolute atomic E-state index is 10.7. The van der Waals surface area contributed by atoms with Crippen LogP contribution in [-0.2, 0) is 0 Å². The number of aromatic nitrogens is 2. The molecule has 2 rings (SSSR count). The molecule has 2 aromatic rings. The van der Waals surface area contributed by atoms with E-state index < -0.39 is 9.85 Å². The molecule has 2 heterocycles. The molecule has 9 heteroatoms. The van der Waals surface area contributed by atoms with Gasteiger partial charge in [-0.2, -0.15) is 0 Å². The highest BCUT2D eigenvalue weighted by atomic mass is 16.6. The Labute approximate surface area is 105 Å². The summed E-state index contributed by atoms with van der Waals surface area (Å²) in [6.07, 6.45) is 2.25. The highest BCUT2D eigenvalue weighted by molar-refractivity contribution is 5.57. The summed E-state index contributed by atoms with van der Waals surface area (Å²) in [5.41, 5.74) is -0.441. The van der Waals surface area contributed by atoms with Crippen LogP contribution in [-0.4, -0.2) is 20.0 Å². The van der Waals surface area contributed by atoms with E-state index in [0.29, 0.717) is 4.73 Å². The lowest BCUT2D eigenvalue weighted by Gasteiger charge is -1.97. The second-order valence-electron chi connectivity index (χ2n) is 3.53. The van der Waals surface area contributed by atoms with Crippen molar-refractivity contribution in [3.05, 3.63) is 56.9 Å². The van der Waals surface area contributed by atoms with Crippen molar-refractivity contribution in [2.45, 2.75) is 0 Å². The van der Waals surface area contributed by atoms with Crippen molar-refractivity contribution in [1.29, 1.82) is 0 Å². The number of pyridine rings is 2. The molecule has 0 bridgehead atoms. The zero-order valence-electron chi connectivity index (χ0n) is 9.33. The first kappa shape index (κ1) is 12.4. The lowest BCUT2D eigenvalue weighted by atomic mass is 10.2. The van der Waals surface area contributed by atoms with Crippen LogP contribution in [0.25, 0.3) is 11.4 Å². The third-order valence-corrected chi connectivity index (χ3v) is 2.35. The third-order valence-electron chi connectivity index (χ3n) is 2.35. The molecule has 0 saturated carbocycles. The fraction of sp³-hybridized carbons (Fsp3) is 0. The Morgan fingerprint density at radius 1 is 1.11 bits per heavy atom. The maximum atomic E-state index is 10.7. The van der Waals surface area contributed by atoms with Crippen molar-refractivity contribution in [3.63, 3.8) is 0 Å². The van der Waals surface area contributed by atoms with Gasteiger partial charge in [-0.05, 0) is 0 Å². The maximum Gasteiger partial charge on any atom is 0.289 e. The summed E-state index contributed by atoms with van der Waals surface area (Å²) in [6, 6.07) is 4.47. The molecule has 0 aliphatic carbocycles. The van der Waals surface area contributed by atoms with Crippen molar-refractivity contribution < 1.29 is 19.8 Å². The average molecular weight is 263 g/mol. The van der Waals surface area contributed by atoms with E-state index in [1.807, 2.05) is 0 Å². The summed E-state index contributed by atoms with van der Waals surface area (Å²) < 4.78 is 0.610. The van der Waals surface area contributed by atoms with E-state index >= 15 is 0 Å². The first-order valence-corrected chi connectivity index (χ1v) is 4.99. The second kappa shape index (κ2) is 4.64. The van der Waals surface area contributed by atoms with Gasteiger partial charge in [0.15, 0.2) is 0 Å². The van der Waals surface area contributed by atoms with E-state index in [9.17, 15) is 25.4 Å². The van der Waals surface area contributed by atoms with Gasteiger partial charge in [0.2, 0.25) is 6.20 Å². The Balaban J connectivity index is 2.57. The van der Waals surface area contributed by atoms with Gasteiger partial charge in [0.05, 0.1) is 22.0 Å². The van der Waals surface area contributed by atoms with E-state index in [-0.39, 0.29) is 22.8 Å². The van der Waals surface area contributed by atoms with Crippen LogP contribution in [0.1, 0.15) is 0 Å². The summed E-state index contributed by atoms with van der Waals surface area (Å²) in [5, 5.41) is 30.9. The summed E-state index contributed by atoms with van der Waals surface area (Å²) in [5.74, 6) is 0. The molecule has 2 aromatic heterocycles. The van der Waals surface area contributed by atoms with Crippen LogP contribution in [0, 0.1) is 20.2 Å². The van der Waals surface area contributed by atoms with Gasteiger partial charge in [0, 0.05) is 23.1 Å². The van der Waals surface area contributed by atoms with Crippen molar-refractivity contribution in [2.75, 3.05) is 0 Å². The number of rotatable bonds is 3. The number of hydrogen-bond donors (Lipinski definition) is 1. The quantitative estimate of drug-likeness (QED) is 0.382. The number of nitrogens with zero attached hydrogens (tertiary/aromatic N) is 4. The molecule has 9 nitrogen and oxygen atoms in total. The summed E-state index contributed by atoms with van der Waals surface area (Å²) in [6.45, 7) is 0. The Morgan fingerprint density at radius 3 is 2.37 bits per heavy atom. The van der Waals surface area contributed by atoms with Gasteiger partial charge in [-0.25, -0.2) is 4.98 Å². The van der Waals surface area contributed by atoms with Crippen LogP contribution in [0.4, 0.5) is 11.4 Å². The van der Waals surface area contributed by atoms with E-state index in [1.165, 1.54) is 12.3 Å².